The van der Waals surface area contributed by atoms with Gasteiger partial charge in [0.2, 0.25) is 5.91 Å². The van der Waals surface area contributed by atoms with Gasteiger partial charge in [-0.2, -0.15) is 13.2 Å². The van der Waals surface area contributed by atoms with Gasteiger partial charge in [0.05, 0.1) is 12.1 Å². The average molecular weight is 386 g/mol. The molecule has 142 valence electrons. The molecule has 26 heavy (non-hydrogen) atoms. The van der Waals surface area contributed by atoms with E-state index in [0.717, 1.165) is 11.3 Å². The largest absolute Gasteiger partial charge is 0.389 e. The first-order chi connectivity index (χ1) is 12.3. The van der Waals surface area contributed by atoms with E-state index in [1.165, 1.54) is 9.80 Å². The third-order valence-corrected chi connectivity index (χ3v) is 5.66. The number of piperidine rings is 1. The summed E-state index contributed by atoms with van der Waals surface area (Å²) in [7, 11) is 0. The van der Waals surface area contributed by atoms with Gasteiger partial charge in [-0.05, 0) is 24.0 Å². The van der Waals surface area contributed by atoms with Crippen molar-refractivity contribution in [2.24, 2.45) is 5.16 Å². The molecule has 0 N–H and O–H groups in total. The Morgan fingerprint density at radius 1 is 1.27 bits per heavy atom. The van der Waals surface area contributed by atoms with E-state index in [4.69, 9.17) is 4.84 Å². The van der Waals surface area contributed by atoms with Crippen molar-refractivity contribution in [3.05, 3.63) is 29.8 Å². The van der Waals surface area contributed by atoms with Gasteiger partial charge >= 0.3 is 6.18 Å². The summed E-state index contributed by atoms with van der Waals surface area (Å²) in [5.41, 5.74) is 1.46. The molecule has 0 unspecified atom stereocenters. The predicted molar refractivity (Wildman–Crippen MR) is 94.3 cm³/mol. The zero-order valence-corrected chi connectivity index (χ0v) is 15.3. The highest BCUT2D eigenvalue weighted by Gasteiger charge is 2.43. The van der Waals surface area contributed by atoms with Crippen molar-refractivity contribution in [3.63, 3.8) is 0 Å². The van der Waals surface area contributed by atoms with Crippen molar-refractivity contribution in [1.82, 2.24) is 4.90 Å². The van der Waals surface area contributed by atoms with E-state index < -0.39 is 30.5 Å². The standard InChI is InChI=1S/C18H21F3N2O2S/c1-26-14-4-2-13(3-5-14)15-12-17(25-22-15)8-10-23(11-9-17)16(24)6-7-18(19,20)21/h2-5H,6-12H2,1H3. The third-order valence-electron chi connectivity index (χ3n) is 4.91. The van der Waals surface area contributed by atoms with E-state index >= 15 is 0 Å². The minimum absolute atomic E-state index is 0.408. The van der Waals surface area contributed by atoms with Gasteiger partial charge in [-0.25, -0.2) is 0 Å². The van der Waals surface area contributed by atoms with E-state index in [1.807, 2.05) is 30.5 Å². The van der Waals surface area contributed by atoms with Crippen LogP contribution in [0, 0.1) is 0 Å². The Morgan fingerprint density at radius 3 is 2.50 bits per heavy atom. The summed E-state index contributed by atoms with van der Waals surface area (Å²) in [6.45, 7) is 0.815. The van der Waals surface area contributed by atoms with Crippen LogP contribution in [0.5, 0.6) is 0 Å². The zero-order valence-electron chi connectivity index (χ0n) is 14.5. The van der Waals surface area contributed by atoms with Crippen LogP contribution in [-0.2, 0) is 9.63 Å². The Morgan fingerprint density at radius 2 is 1.92 bits per heavy atom. The van der Waals surface area contributed by atoms with Crippen molar-refractivity contribution in [3.8, 4) is 0 Å². The van der Waals surface area contributed by atoms with Crippen LogP contribution in [0.4, 0.5) is 13.2 Å². The molecule has 4 nitrogen and oxygen atoms in total. The van der Waals surface area contributed by atoms with E-state index in [-0.39, 0.29) is 0 Å². The SMILES string of the molecule is CSc1ccc(C2=NOC3(CCN(C(=O)CCC(F)(F)F)CC3)C2)cc1. The number of carbonyl (C=O) groups is 1. The number of alkyl halides is 3. The van der Waals surface area contributed by atoms with Gasteiger partial charge in [-0.15, -0.1) is 11.8 Å². The second kappa shape index (κ2) is 7.50. The van der Waals surface area contributed by atoms with Gasteiger partial charge in [0.25, 0.3) is 0 Å². The van der Waals surface area contributed by atoms with Crippen LogP contribution < -0.4 is 0 Å². The summed E-state index contributed by atoms with van der Waals surface area (Å²) in [6.07, 6.45) is -2.00. The third kappa shape index (κ3) is 4.52. The van der Waals surface area contributed by atoms with Crippen LogP contribution >= 0.6 is 11.8 Å². The van der Waals surface area contributed by atoms with Gasteiger partial charge < -0.3 is 9.74 Å². The smallest absolute Gasteiger partial charge is 0.388 e. The molecule has 2 aliphatic heterocycles. The number of thioether (sulfide) groups is 1. The highest BCUT2D eigenvalue weighted by atomic mass is 32.2. The lowest BCUT2D eigenvalue weighted by molar-refractivity contribution is -0.152. The number of carbonyl (C=O) groups excluding carboxylic acids is 1. The summed E-state index contributed by atoms with van der Waals surface area (Å²) in [5.74, 6) is -0.441. The monoisotopic (exact) mass is 386 g/mol. The fourth-order valence-corrected chi connectivity index (χ4v) is 3.71. The fraction of sp³-hybridized carbons (Fsp3) is 0.556. The normalized spacial score (nSPS) is 19.4. The number of nitrogens with zero attached hydrogens (tertiary/aromatic N) is 2. The molecule has 1 aromatic carbocycles. The molecule has 1 aromatic rings. The van der Waals surface area contributed by atoms with E-state index in [2.05, 4.69) is 5.16 Å². The lowest BCUT2D eigenvalue weighted by Crippen LogP contribution is -2.47. The number of benzene rings is 1. The van der Waals surface area contributed by atoms with Crippen LogP contribution in [0.2, 0.25) is 0 Å². The maximum atomic E-state index is 12.3. The zero-order chi connectivity index (χ0) is 18.8. The lowest BCUT2D eigenvalue weighted by atomic mass is 9.85. The van der Waals surface area contributed by atoms with Crippen molar-refractivity contribution in [1.29, 1.82) is 0 Å². The molecule has 1 saturated heterocycles. The van der Waals surface area contributed by atoms with E-state index in [1.54, 1.807) is 11.8 Å². The van der Waals surface area contributed by atoms with Gasteiger partial charge in [-0.3, -0.25) is 4.79 Å². The number of oxime groups is 1. The summed E-state index contributed by atoms with van der Waals surface area (Å²) >= 11 is 1.67. The van der Waals surface area contributed by atoms with Crippen LogP contribution in [0.15, 0.2) is 34.3 Å². The number of likely N-dealkylation sites (tertiary alicyclic amines) is 1. The minimum atomic E-state index is -4.30. The molecule has 2 heterocycles. The van der Waals surface area contributed by atoms with Gasteiger partial charge in [0.1, 0.15) is 5.60 Å². The van der Waals surface area contributed by atoms with Crippen molar-refractivity contribution in [2.75, 3.05) is 19.3 Å². The first kappa shape index (κ1) is 19.1. The molecule has 0 radical (unpaired) electrons. The first-order valence-corrected chi connectivity index (χ1v) is 9.77. The molecule has 1 spiro atoms. The second-order valence-electron chi connectivity index (χ2n) is 6.71. The molecule has 3 rings (SSSR count). The number of amides is 1. The summed E-state index contributed by atoms with van der Waals surface area (Å²) in [4.78, 5) is 20.3. The first-order valence-electron chi connectivity index (χ1n) is 8.54. The van der Waals surface area contributed by atoms with Gasteiger partial charge in [-0.1, -0.05) is 17.3 Å². The Balaban J connectivity index is 1.53. The molecule has 1 fully saturated rings. The molecule has 8 heteroatoms. The molecule has 0 aromatic heterocycles. The number of hydrogen-bond donors (Lipinski definition) is 0. The minimum Gasteiger partial charge on any atom is -0.388 e. The van der Waals surface area contributed by atoms with Crippen LogP contribution in [0.1, 0.15) is 37.7 Å². The molecule has 2 aliphatic rings. The molecule has 0 bridgehead atoms. The Bertz CT molecular complexity index is 681. The number of rotatable bonds is 4. The molecule has 1 amide bonds. The Kier molecular flexibility index (Phi) is 5.50. The van der Waals surface area contributed by atoms with Crippen molar-refractivity contribution < 1.29 is 22.8 Å². The second-order valence-corrected chi connectivity index (χ2v) is 7.59. The lowest BCUT2D eigenvalue weighted by Gasteiger charge is -2.37. The molecule has 0 saturated carbocycles. The van der Waals surface area contributed by atoms with E-state index in [0.29, 0.717) is 32.4 Å². The highest BCUT2D eigenvalue weighted by molar-refractivity contribution is 7.98. The average Bonchev–Trinajstić information content (AvgIpc) is 3.03. The van der Waals surface area contributed by atoms with Crippen molar-refractivity contribution >= 4 is 23.4 Å². The topological polar surface area (TPSA) is 41.9 Å². The fourth-order valence-electron chi connectivity index (χ4n) is 3.30. The maximum absolute atomic E-state index is 12.3. The Hall–Kier alpha value is -1.70. The summed E-state index contributed by atoms with van der Waals surface area (Å²) in [6, 6.07) is 8.11. The Labute approximate surface area is 154 Å². The van der Waals surface area contributed by atoms with E-state index in [9.17, 15) is 18.0 Å². The number of halogens is 3. The molecular formula is C18H21F3N2O2S. The summed E-state index contributed by atoms with van der Waals surface area (Å²) < 4.78 is 36.8. The van der Waals surface area contributed by atoms with Crippen LogP contribution in [-0.4, -0.2) is 47.6 Å². The van der Waals surface area contributed by atoms with Crippen LogP contribution in [0.3, 0.4) is 0 Å². The van der Waals surface area contributed by atoms with Crippen molar-refractivity contribution in [2.45, 2.75) is 48.8 Å². The quantitative estimate of drug-likeness (QED) is 0.727. The molecule has 0 atom stereocenters. The maximum Gasteiger partial charge on any atom is 0.389 e. The molecular weight excluding hydrogens is 365 g/mol. The highest BCUT2D eigenvalue weighted by Crippen LogP contribution is 2.36. The summed E-state index contributed by atoms with van der Waals surface area (Å²) in [5, 5.41) is 4.23. The molecule has 0 aliphatic carbocycles. The van der Waals surface area contributed by atoms with Gasteiger partial charge in [0, 0.05) is 43.7 Å². The number of hydrogen-bond acceptors (Lipinski definition) is 4. The predicted octanol–water partition coefficient (Wildman–Crippen LogP) is 4.24. The van der Waals surface area contributed by atoms with Gasteiger partial charge in [0.15, 0.2) is 0 Å². The van der Waals surface area contributed by atoms with Crippen LogP contribution in [0.25, 0.3) is 0 Å².